The highest BCUT2D eigenvalue weighted by atomic mass is 79.9. The zero-order valence-corrected chi connectivity index (χ0v) is 12.1. The van der Waals surface area contributed by atoms with Crippen LogP contribution < -0.4 is 4.74 Å². The summed E-state index contributed by atoms with van der Waals surface area (Å²) in [6.45, 7) is 0. The lowest BCUT2D eigenvalue weighted by atomic mass is 10.2. The summed E-state index contributed by atoms with van der Waals surface area (Å²) in [4.78, 5) is 10.6. The predicted molar refractivity (Wildman–Crippen MR) is 76.1 cm³/mol. The Morgan fingerprint density at radius 2 is 1.61 bits per heavy atom. The van der Waals surface area contributed by atoms with E-state index in [0.717, 1.165) is 10.8 Å². The Morgan fingerprint density at radius 1 is 1.00 bits per heavy atom. The molecule has 2 aromatic carbocycles. The molecule has 0 heterocycles. The Balaban J connectivity index is 2.31. The molecule has 0 spiro atoms. The quantitative estimate of drug-likeness (QED) is 0.700. The van der Waals surface area contributed by atoms with Crippen LogP contribution in [0.3, 0.4) is 0 Å². The second-order valence-corrected chi connectivity index (χ2v) is 5.21. The molecule has 0 saturated carbocycles. The van der Waals surface area contributed by atoms with Crippen LogP contribution >= 0.6 is 39.1 Å². The number of carbonyl (C=O) groups excluding carboxylic acids is 1. The minimum Gasteiger partial charge on any atom is -0.454 e. The first-order valence-electron chi connectivity index (χ1n) is 4.98. The Labute approximate surface area is 123 Å². The normalized spacial score (nSPS) is 10.2. The second kappa shape index (κ2) is 5.74. The molecule has 0 atom stereocenters. The lowest BCUT2D eigenvalue weighted by molar-refractivity contribution is 0.112. The summed E-state index contributed by atoms with van der Waals surface area (Å²) in [6, 6.07) is 10.1. The van der Waals surface area contributed by atoms with Crippen LogP contribution in [-0.4, -0.2) is 6.29 Å². The number of ether oxygens (including phenoxy) is 1. The molecule has 0 aliphatic carbocycles. The third-order valence-electron chi connectivity index (χ3n) is 2.21. The molecule has 0 unspecified atom stereocenters. The van der Waals surface area contributed by atoms with Crippen molar-refractivity contribution in [3.8, 4) is 11.5 Å². The van der Waals surface area contributed by atoms with E-state index >= 15 is 0 Å². The number of hydrogen-bond acceptors (Lipinski definition) is 2. The van der Waals surface area contributed by atoms with Crippen LogP contribution in [0.25, 0.3) is 0 Å². The number of hydrogen-bond donors (Lipinski definition) is 0. The molecule has 0 bridgehead atoms. The summed E-state index contributed by atoms with van der Waals surface area (Å²) in [7, 11) is 0. The van der Waals surface area contributed by atoms with Crippen molar-refractivity contribution in [3.63, 3.8) is 0 Å². The van der Waals surface area contributed by atoms with E-state index in [4.69, 9.17) is 27.9 Å². The number of rotatable bonds is 3. The fourth-order valence-electron chi connectivity index (χ4n) is 1.35. The molecule has 5 heteroatoms. The standard InChI is InChI=1S/C13H7BrCl2O2/c14-9-2-4-13(11(16)6-9)18-12-3-1-8(7-17)5-10(12)15/h1-7H. The number of aldehydes is 1. The molecule has 0 saturated heterocycles. The lowest BCUT2D eigenvalue weighted by Gasteiger charge is -2.09. The SMILES string of the molecule is O=Cc1ccc(Oc2ccc(Br)cc2Cl)c(Cl)c1. The summed E-state index contributed by atoms with van der Waals surface area (Å²) < 4.78 is 6.46. The molecule has 92 valence electrons. The van der Waals surface area contributed by atoms with Crippen molar-refractivity contribution in [1.82, 2.24) is 0 Å². The molecule has 0 amide bonds. The highest BCUT2D eigenvalue weighted by Crippen LogP contribution is 2.35. The topological polar surface area (TPSA) is 26.3 Å². The summed E-state index contributed by atoms with van der Waals surface area (Å²) in [5.74, 6) is 0.951. The maximum atomic E-state index is 10.6. The van der Waals surface area contributed by atoms with Gasteiger partial charge in [0.15, 0.2) is 0 Å². The molecule has 2 nitrogen and oxygen atoms in total. The van der Waals surface area contributed by atoms with Gasteiger partial charge in [-0.25, -0.2) is 0 Å². The zero-order chi connectivity index (χ0) is 13.1. The van der Waals surface area contributed by atoms with Crippen LogP contribution in [0.2, 0.25) is 10.0 Å². The van der Waals surface area contributed by atoms with Gasteiger partial charge in [0.2, 0.25) is 0 Å². The smallest absolute Gasteiger partial charge is 0.150 e. The van der Waals surface area contributed by atoms with E-state index in [0.29, 0.717) is 27.1 Å². The van der Waals surface area contributed by atoms with Gasteiger partial charge in [0.25, 0.3) is 0 Å². The van der Waals surface area contributed by atoms with Crippen molar-refractivity contribution in [1.29, 1.82) is 0 Å². The summed E-state index contributed by atoms with van der Waals surface area (Å²) in [5, 5.41) is 0.832. The largest absolute Gasteiger partial charge is 0.454 e. The summed E-state index contributed by atoms with van der Waals surface area (Å²) in [6.07, 6.45) is 0.724. The van der Waals surface area contributed by atoms with Gasteiger partial charge in [-0.05, 0) is 36.4 Å². The Morgan fingerprint density at radius 3 is 2.17 bits per heavy atom. The van der Waals surface area contributed by atoms with Crippen LogP contribution in [-0.2, 0) is 0 Å². The molecule has 0 fully saturated rings. The van der Waals surface area contributed by atoms with Gasteiger partial charge in [-0.15, -0.1) is 0 Å². The van der Waals surface area contributed by atoms with E-state index in [1.165, 1.54) is 6.07 Å². The third-order valence-corrected chi connectivity index (χ3v) is 3.29. The van der Waals surface area contributed by atoms with Gasteiger partial charge in [-0.1, -0.05) is 39.1 Å². The number of benzene rings is 2. The maximum absolute atomic E-state index is 10.6. The van der Waals surface area contributed by atoms with E-state index < -0.39 is 0 Å². The molecule has 2 aromatic rings. The number of halogens is 3. The average molecular weight is 346 g/mol. The van der Waals surface area contributed by atoms with Crippen LogP contribution in [0.5, 0.6) is 11.5 Å². The van der Waals surface area contributed by atoms with E-state index in [2.05, 4.69) is 15.9 Å². The summed E-state index contributed by atoms with van der Waals surface area (Å²) in [5.41, 5.74) is 0.495. The molecule has 0 N–H and O–H groups in total. The molecule has 0 aliphatic heterocycles. The van der Waals surface area contributed by atoms with E-state index in [-0.39, 0.29) is 0 Å². The fraction of sp³-hybridized carbons (Fsp3) is 0. The van der Waals surface area contributed by atoms with Crippen molar-refractivity contribution in [2.75, 3.05) is 0 Å². The molecule has 18 heavy (non-hydrogen) atoms. The van der Waals surface area contributed by atoms with Gasteiger partial charge >= 0.3 is 0 Å². The van der Waals surface area contributed by atoms with Crippen molar-refractivity contribution in [2.45, 2.75) is 0 Å². The van der Waals surface area contributed by atoms with Gasteiger partial charge < -0.3 is 4.74 Å². The average Bonchev–Trinajstić information content (AvgIpc) is 2.34. The van der Waals surface area contributed by atoms with Gasteiger partial charge in [0.05, 0.1) is 10.0 Å². The van der Waals surface area contributed by atoms with E-state index in [1.54, 1.807) is 24.3 Å². The van der Waals surface area contributed by atoms with Crippen molar-refractivity contribution in [3.05, 3.63) is 56.5 Å². The molecule has 0 aliphatic rings. The van der Waals surface area contributed by atoms with E-state index in [1.807, 2.05) is 6.07 Å². The molecule has 0 aromatic heterocycles. The molecular weight excluding hydrogens is 339 g/mol. The van der Waals surface area contributed by atoms with Gasteiger partial charge in [0.1, 0.15) is 17.8 Å². The first-order valence-corrected chi connectivity index (χ1v) is 6.52. The van der Waals surface area contributed by atoms with Crippen molar-refractivity contribution < 1.29 is 9.53 Å². The minimum absolute atomic E-state index is 0.360. The second-order valence-electron chi connectivity index (χ2n) is 3.48. The Kier molecular flexibility index (Phi) is 4.27. The lowest BCUT2D eigenvalue weighted by Crippen LogP contribution is -1.88. The highest BCUT2D eigenvalue weighted by Gasteiger charge is 2.07. The number of carbonyl (C=O) groups is 1. The molecular formula is C13H7BrCl2O2. The zero-order valence-electron chi connectivity index (χ0n) is 8.99. The summed E-state index contributed by atoms with van der Waals surface area (Å²) >= 11 is 15.4. The first kappa shape index (κ1) is 13.4. The molecule has 2 rings (SSSR count). The van der Waals surface area contributed by atoms with Gasteiger partial charge in [-0.2, -0.15) is 0 Å². The Bertz CT molecular complexity index is 600. The van der Waals surface area contributed by atoms with Crippen LogP contribution in [0.4, 0.5) is 0 Å². The van der Waals surface area contributed by atoms with Gasteiger partial charge in [-0.3, -0.25) is 4.79 Å². The van der Waals surface area contributed by atoms with Crippen LogP contribution in [0, 0.1) is 0 Å². The van der Waals surface area contributed by atoms with Crippen molar-refractivity contribution in [2.24, 2.45) is 0 Å². The highest BCUT2D eigenvalue weighted by molar-refractivity contribution is 9.10. The maximum Gasteiger partial charge on any atom is 0.150 e. The predicted octanol–water partition coefficient (Wildman–Crippen LogP) is 5.36. The van der Waals surface area contributed by atoms with E-state index in [9.17, 15) is 4.79 Å². The fourth-order valence-corrected chi connectivity index (χ4v) is 2.29. The van der Waals surface area contributed by atoms with Crippen LogP contribution in [0.15, 0.2) is 40.9 Å². The van der Waals surface area contributed by atoms with Gasteiger partial charge in [0, 0.05) is 10.0 Å². The Hall–Kier alpha value is -1.03. The van der Waals surface area contributed by atoms with Crippen molar-refractivity contribution >= 4 is 45.4 Å². The minimum atomic E-state index is 0.360. The third kappa shape index (κ3) is 3.05. The molecule has 0 radical (unpaired) electrons. The first-order chi connectivity index (χ1) is 8.60. The monoisotopic (exact) mass is 344 g/mol. The van der Waals surface area contributed by atoms with Crippen LogP contribution in [0.1, 0.15) is 10.4 Å².